The molecule has 1 radical (unpaired) electrons. The van der Waals surface area contributed by atoms with Crippen LogP contribution in [-0.4, -0.2) is 24.5 Å². The van der Waals surface area contributed by atoms with Crippen LogP contribution in [0, 0.1) is 0 Å². The summed E-state index contributed by atoms with van der Waals surface area (Å²) in [7, 11) is 1.75. The zero-order valence-electron chi connectivity index (χ0n) is 7.56. The normalized spacial score (nSPS) is 10.3. The molecule has 1 aromatic carbocycles. The van der Waals surface area contributed by atoms with Gasteiger partial charge in [0.05, 0.1) is 0 Å². The summed E-state index contributed by atoms with van der Waals surface area (Å²) in [5, 5.41) is 10.2. The lowest BCUT2D eigenvalue weighted by Crippen LogP contribution is -2.24. The molecule has 0 fully saturated rings. The molecule has 3 heteroatoms. The third-order valence-electron chi connectivity index (χ3n) is 1.69. The Balaban J connectivity index is 2.45. The highest BCUT2D eigenvalue weighted by molar-refractivity contribution is 5.68. The number of carbonyl (C=O) groups is 1. The van der Waals surface area contributed by atoms with Crippen molar-refractivity contribution < 1.29 is 9.90 Å². The topological polar surface area (TPSA) is 40.2 Å². The SMILES string of the molecule is CN(CC([O])=O)Cc1ccccc1. The number of nitrogens with zero attached hydrogens (tertiary/aromatic N) is 1. The number of carbonyl (C=O) groups excluding carboxylic acids is 1. The molecule has 0 aliphatic heterocycles. The van der Waals surface area contributed by atoms with Crippen molar-refractivity contribution in [2.24, 2.45) is 0 Å². The van der Waals surface area contributed by atoms with E-state index in [2.05, 4.69) is 0 Å². The highest BCUT2D eigenvalue weighted by Crippen LogP contribution is 2.01. The van der Waals surface area contributed by atoms with E-state index in [0.717, 1.165) is 5.56 Å². The Morgan fingerprint density at radius 1 is 1.31 bits per heavy atom. The molecule has 69 valence electrons. The standard InChI is InChI=1S/C10H12NO2/c1-11(8-10(12)13)7-9-5-3-2-4-6-9/h2-6H,7-8H2,1H3. The summed E-state index contributed by atoms with van der Waals surface area (Å²) in [5.74, 6) is -1.04. The van der Waals surface area contributed by atoms with E-state index >= 15 is 0 Å². The van der Waals surface area contributed by atoms with Gasteiger partial charge in [-0.25, -0.2) is 9.90 Å². The van der Waals surface area contributed by atoms with Crippen molar-refractivity contribution in [2.45, 2.75) is 6.54 Å². The Morgan fingerprint density at radius 3 is 2.46 bits per heavy atom. The molecule has 13 heavy (non-hydrogen) atoms. The van der Waals surface area contributed by atoms with E-state index in [9.17, 15) is 9.90 Å². The molecule has 0 bridgehead atoms. The van der Waals surface area contributed by atoms with Crippen LogP contribution in [0.1, 0.15) is 5.56 Å². The third kappa shape index (κ3) is 3.71. The van der Waals surface area contributed by atoms with Gasteiger partial charge >= 0.3 is 5.97 Å². The summed E-state index contributed by atoms with van der Waals surface area (Å²) < 4.78 is 0. The molecule has 0 unspecified atom stereocenters. The first-order valence-electron chi connectivity index (χ1n) is 4.11. The van der Waals surface area contributed by atoms with Gasteiger partial charge in [0.1, 0.15) is 6.54 Å². The van der Waals surface area contributed by atoms with Crippen LogP contribution < -0.4 is 0 Å². The van der Waals surface area contributed by atoms with E-state index < -0.39 is 5.97 Å². The van der Waals surface area contributed by atoms with E-state index in [-0.39, 0.29) is 6.54 Å². The second-order valence-electron chi connectivity index (χ2n) is 3.03. The van der Waals surface area contributed by atoms with Gasteiger partial charge in [0.25, 0.3) is 0 Å². The molecule has 0 aliphatic rings. The van der Waals surface area contributed by atoms with E-state index in [1.54, 1.807) is 11.9 Å². The summed E-state index contributed by atoms with van der Waals surface area (Å²) in [6.07, 6.45) is 0. The zero-order valence-corrected chi connectivity index (χ0v) is 7.56. The maximum atomic E-state index is 10.2. The van der Waals surface area contributed by atoms with Crippen LogP contribution in [0.2, 0.25) is 0 Å². The fraction of sp³-hybridized carbons (Fsp3) is 0.300. The van der Waals surface area contributed by atoms with E-state index in [1.165, 1.54) is 0 Å². The number of hydrogen-bond acceptors (Lipinski definition) is 2. The van der Waals surface area contributed by atoms with Crippen LogP contribution in [-0.2, 0) is 16.4 Å². The van der Waals surface area contributed by atoms with Crippen molar-refractivity contribution in [1.82, 2.24) is 4.90 Å². The van der Waals surface area contributed by atoms with Gasteiger partial charge in [-0.3, -0.25) is 4.90 Å². The monoisotopic (exact) mass is 178 g/mol. The molecule has 0 N–H and O–H groups in total. The van der Waals surface area contributed by atoms with Gasteiger partial charge in [-0.2, -0.15) is 0 Å². The Kier molecular flexibility index (Phi) is 3.46. The fourth-order valence-corrected chi connectivity index (χ4v) is 1.17. The van der Waals surface area contributed by atoms with Gasteiger partial charge < -0.3 is 0 Å². The lowest BCUT2D eigenvalue weighted by molar-refractivity contribution is -0.144. The van der Waals surface area contributed by atoms with Gasteiger partial charge in [0.15, 0.2) is 0 Å². The van der Waals surface area contributed by atoms with Crippen LogP contribution in [0.15, 0.2) is 30.3 Å². The first-order valence-corrected chi connectivity index (χ1v) is 4.11. The Morgan fingerprint density at radius 2 is 1.92 bits per heavy atom. The first-order chi connectivity index (χ1) is 6.18. The Hall–Kier alpha value is -1.35. The first kappa shape index (κ1) is 9.74. The smallest absolute Gasteiger partial charge is 0.292 e. The van der Waals surface area contributed by atoms with Gasteiger partial charge in [0, 0.05) is 6.54 Å². The van der Waals surface area contributed by atoms with Gasteiger partial charge in [-0.15, -0.1) is 0 Å². The maximum Gasteiger partial charge on any atom is 0.369 e. The lowest BCUT2D eigenvalue weighted by atomic mass is 10.2. The largest absolute Gasteiger partial charge is 0.369 e. The molecular formula is C10H12NO2. The molecule has 0 amide bonds. The number of hydrogen-bond donors (Lipinski definition) is 0. The second kappa shape index (κ2) is 4.62. The Bertz CT molecular complexity index is 272. The minimum absolute atomic E-state index is 0.0328. The highest BCUT2D eigenvalue weighted by Gasteiger charge is 2.05. The highest BCUT2D eigenvalue weighted by atomic mass is 16.4. The second-order valence-corrected chi connectivity index (χ2v) is 3.03. The molecule has 0 spiro atoms. The summed E-state index contributed by atoms with van der Waals surface area (Å²) in [6, 6.07) is 9.73. The fourth-order valence-electron chi connectivity index (χ4n) is 1.17. The van der Waals surface area contributed by atoms with Crippen LogP contribution in [0.25, 0.3) is 0 Å². The van der Waals surface area contributed by atoms with E-state index in [1.807, 2.05) is 30.3 Å². The molecule has 1 rings (SSSR count). The summed E-state index contributed by atoms with van der Waals surface area (Å²) in [5.41, 5.74) is 1.10. The third-order valence-corrected chi connectivity index (χ3v) is 1.69. The number of benzene rings is 1. The quantitative estimate of drug-likeness (QED) is 0.692. The lowest BCUT2D eigenvalue weighted by Gasteiger charge is -2.12. The predicted octanol–water partition coefficient (Wildman–Crippen LogP) is 1.08. The minimum atomic E-state index is -1.04. The molecule has 0 atom stereocenters. The average Bonchev–Trinajstić information content (AvgIpc) is 2.04. The Labute approximate surface area is 77.6 Å². The van der Waals surface area contributed by atoms with Crippen molar-refractivity contribution in [3.05, 3.63) is 35.9 Å². The van der Waals surface area contributed by atoms with Gasteiger partial charge in [-0.1, -0.05) is 30.3 Å². The van der Waals surface area contributed by atoms with Crippen LogP contribution in [0.5, 0.6) is 0 Å². The molecule has 0 aliphatic carbocycles. The van der Waals surface area contributed by atoms with E-state index in [0.29, 0.717) is 6.54 Å². The average molecular weight is 178 g/mol. The van der Waals surface area contributed by atoms with Crippen molar-refractivity contribution in [3.8, 4) is 0 Å². The number of likely N-dealkylation sites (N-methyl/N-ethyl adjacent to an activating group) is 1. The number of rotatable bonds is 4. The van der Waals surface area contributed by atoms with Crippen molar-refractivity contribution in [1.29, 1.82) is 0 Å². The molecule has 0 heterocycles. The minimum Gasteiger partial charge on any atom is -0.292 e. The zero-order chi connectivity index (χ0) is 9.68. The van der Waals surface area contributed by atoms with Crippen molar-refractivity contribution >= 4 is 5.97 Å². The van der Waals surface area contributed by atoms with Crippen molar-refractivity contribution in [2.75, 3.05) is 13.6 Å². The molecule has 0 saturated carbocycles. The predicted molar refractivity (Wildman–Crippen MR) is 48.5 cm³/mol. The summed E-state index contributed by atoms with van der Waals surface area (Å²) in [6.45, 7) is 0.601. The maximum absolute atomic E-state index is 10.2. The van der Waals surface area contributed by atoms with Crippen LogP contribution in [0.4, 0.5) is 0 Å². The van der Waals surface area contributed by atoms with Crippen molar-refractivity contribution in [3.63, 3.8) is 0 Å². The molecule has 3 nitrogen and oxygen atoms in total. The van der Waals surface area contributed by atoms with Crippen LogP contribution in [0.3, 0.4) is 0 Å². The molecule has 0 aromatic heterocycles. The van der Waals surface area contributed by atoms with Crippen LogP contribution >= 0.6 is 0 Å². The van der Waals surface area contributed by atoms with Gasteiger partial charge in [0.2, 0.25) is 0 Å². The van der Waals surface area contributed by atoms with Gasteiger partial charge in [-0.05, 0) is 12.6 Å². The summed E-state index contributed by atoms with van der Waals surface area (Å²) in [4.78, 5) is 11.9. The molecular weight excluding hydrogens is 166 g/mol. The molecule has 0 saturated heterocycles. The summed E-state index contributed by atoms with van der Waals surface area (Å²) >= 11 is 0. The molecule has 1 aromatic rings. The van der Waals surface area contributed by atoms with E-state index in [4.69, 9.17) is 0 Å².